The Morgan fingerprint density at radius 1 is 1.10 bits per heavy atom. The normalized spacial score (nSPS) is 15.7. The topological polar surface area (TPSA) is 29.3 Å². The number of rotatable bonds is 2. The largest absolute Gasteiger partial charge is 0.399 e. The second-order valence-electron chi connectivity index (χ2n) is 5.48. The Balaban J connectivity index is 1.78. The number of fused-ring (bicyclic) bond motifs is 1. The van der Waals surface area contributed by atoms with Crippen LogP contribution >= 0.6 is 15.9 Å². The Morgan fingerprint density at radius 3 is 2.70 bits per heavy atom. The molecule has 0 saturated carbocycles. The third-order valence-corrected chi connectivity index (χ3v) is 4.28. The molecule has 2 N–H and O–H groups in total. The van der Waals surface area contributed by atoms with Crippen LogP contribution in [0.1, 0.15) is 23.1 Å². The van der Waals surface area contributed by atoms with Crippen molar-refractivity contribution >= 4 is 21.6 Å². The monoisotopic (exact) mass is 330 g/mol. The Kier molecular flexibility index (Phi) is 4.08. The number of hydrogen-bond acceptors (Lipinski definition) is 2. The number of aryl methyl sites for hydroxylation is 1. The van der Waals surface area contributed by atoms with Crippen molar-refractivity contribution < 1.29 is 0 Å². The quantitative estimate of drug-likeness (QED) is 0.844. The molecule has 0 amide bonds. The fourth-order valence-electron chi connectivity index (χ4n) is 2.93. The van der Waals surface area contributed by atoms with Crippen LogP contribution in [0, 0.1) is 0 Å². The maximum atomic E-state index is 5.92. The van der Waals surface area contributed by atoms with Crippen LogP contribution < -0.4 is 5.73 Å². The first-order valence-electron chi connectivity index (χ1n) is 7.05. The molecule has 2 aromatic rings. The lowest BCUT2D eigenvalue weighted by Gasteiger charge is -2.21. The predicted molar refractivity (Wildman–Crippen MR) is 87.4 cm³/mol. The number of nitrogen functional groups attached to an aromatic ring is 1. The number of nitrogens with two attached hydrogens (primary N) is 1. The van der Waals surface area contributed by atoms with Gasteiger partial charge in [0.05, 0.1) is 0 Å². The predicted octanol–water partition coefficient (Wildman–Crippen LogP) is 3.98. The van der Waals surface area contributed by atoms with Gasteiger partial charge in [-0.3, -0.25) is 4.90 Å². The van der Waals surface area contributed by atoms with Crippen LogP contribution in [0.2, 0.25) is 0 Å². The zero-order chi connectivity index (χ0) is 13.9. The molecule has 0 fully saturated rings. The molecule has 2 aromatic carbocycles. The van der Waals surface area contributed by atoms with Gasteiger partial charge in [0.15, 0.2) is 0 Å². The van der Waals surface area contributed by atoms with Gasteiger partial charge in [-0.2, -0.15) is 0 Å². The van der Waals surface area contributed by atoms with Gasteiger partial charge >= 0.3 is 0 Å². The number of nitrogens with zero attached hydrogens (tertiary/aromatic N) is 1. The van der Waals surface area contributed by atoms with E-state index in [1.165, 1.54) is 29.5 Å². The highest BCUT2D eigenvalue weighted by Gasteiger charge is 2.14. The van der Waals surface area contributed by atoms with E-state index in [4.69, 9.17) is 5.73 Å². The first-order chi connectivity index (χ1) is 9.70. The molecule has 0 aliphatic carbocycles. The van der Waals surface area contributed by atoms with E-state index in [1.54, 1.807) is 0 Å². The van der Waals surface area contributed by atoms with E-state index in [0.29, 0.717) is 0 Å². The minimum absolute atomic E-state index is 0.824. The average molecular weight is 331 g/mol. The standard InChI is InChI=1S/C17H19BrN2/c18-16-8-13(9-17(19)10-16)11-20-7-3-6-14-4-1-2-5-15(14)12-20/h1-2,4-5,8-10H,3,6-7,11-12,19H2. The molecule has 0 aromatic heterocycles. The Morgan fingerprint density at radius 2 is 1.90 bits per heavy atom. The smallest absolute Gasteiger partial charge is 0.0328 e. The number of halogens is 1. The molecule has 0 atom stereocenters. The molecule has 0 bridgehead atoms. The average Bonchev–Trinajstić information content (AvgIpc) is 2.59. The lowest BCUT2D eigenvalue weighted by molar-refractivity contribution is 0.261. The van der Waals surface area contributed by atoms with Crippen LogP contribution in [0.4, 0.5) is 5.69 Å². The molecule has 2 nitrogen and oxygen atoms in total. The maximum absolute atomic E-state index is 5.92. The molecule has 0 radical (unpaired) electrons. The Labute approximate surface area is 128 Å². The van der Waals surface area contributed by atoms with Crippen molar-refractivity contribution in [1.82, 2.24) is 4.90 Å². The number of anilines is 1. The van der Waals surface area contributed by atoms with E-state index in [0.717, 1.165) is 29.8 Å². The van der Waals surface area contributed by atoms with Crippen LogP contribution in [0.25, 0.3) is 0 Å². The molecule has 3 rings (SSSR count). The number of benzene rings is 2. The van der Waals surface area contributed by atoms with E-state index in [1.807, 2.05) is 6.07 Å². The van der Waals surface area contributed by atoms with Crippen molar-refractivity contribution in [3.8, 4) is 0 Å². The van der Waals surface area contributed by atoms with Crippen molar-refractivity contribution in [2.24, 2.45) is 0 Å². The second-order valence-corrected chi connectivity index (χ2v) is 6.39. The summed E-state index contributed by atoms with van der Waals surface area (Å²) in [7, 11) is 0. The summed E-state index contributed by atoms with van der Waals surface area (Å²) in [5.74, 6) is 0. The van der Waals surface area contributed by atoms with E-state index in [-0.39, 0.29) is 0 Å². The summed E-state index contributed by atoms with van der Waals surface area (Å²) >= 11 is 3.52. The van der Waals surface area contributed by atoms with Crippen molar-refractivity contribution in [2.75, 3.05) is 12.3 Å². The summed E-state index contributed by atoms with van der Waals surface area (Å²) < 4.78 is 1.06. The zero-order valence-electron chi connectivity index (χ0n) is 11.5. The summed E-state index contributed by atoms with van der Waals surface area (Å²) in [5, 5.41) is 0. The van der Waals surface area contributed by atoms with Gasteiger partial charge in [-0.15, -0.1) is 0 Å². The highest BCUT2D eigenvalue weighted by atomic mass is 79.9. The van der Waals surface area contributed by atoms with Gasteiger partial charge in [-0.05, 0) is 54.3 Å². The van der Waals surface area contributed by atoms with Gasteiger partial charge in [-0.1, -0.05) is 40.2 Å². The van der Waals surface area contributed by atoms with Crippen molar-refractivity contribution in [1.29, 1.82) is 0 Å². The molecule has 0 unspecified atom stereocenters. The van der Waals surface area contributed by atoms with Crippen molar-refractivity contribution in [3.05, 3.63) is 63.6 Å². The molecule has 1 aliphatic heterocycles. The van der Waals surface area contributed by atoms with Crippen LogP contribution in [0.15, 0.2) is 46.9 Å². The van der Waals surface area contributed by atoms with E-state index in [2.05, 4.69) is 57.2 Å². The maximum Gasteiger partial charge on any atom is 0.0328 e. The molecule has 3 heteroatoms. The Hall–Kier alpha value is -1.32. The minimum atomic E-state index is 0.824. The third kappa shape index (κ3) is 3.22. The van der Waals surface area contributed by atoms with Gasteiger partial charge in [0.2, 0.25) is 0 Å². The molecular weight excluding hydrogens is 312 g/mol. The lowest BCUT2D eigenvalue weighted by atomic mass is 10.0. The zero-order valence-corrected chi connectivity index (χ0v) is 13.1. The summed E-state index contributed by atoms with van der Waals surface area (Å²) in [6.07, 6.45) is 2.41. The van der Waals surface area contributed by atoms with Gasteiger partial charge in [0.25, 0.3) is 0 Å². The second kappa shape index (κ2) is 5.98. The van der Waals surface area contributed by atoms with Crippen LogP contribution in [-0.4, -0.2) is 11.4 Å². The van der Waals surface area contributed by atoms with Gasteiger partial charge in [0.1, 0.15) is 0 Å². The minimum Gasteiger partial charge on any atom is -0.399 e. The molecule has 0 spiro atoms. The SMILES string of the molecule is Nc1cc(Br)cc(CN2CCCc3ccccc3C2)c1. The summed E-state index contributed by atoms with van der Waals surface area (Å²) in [5.41, 5.74) is 11.0. The fourth-order valence-corrected chi connectivity index (χ4v) is 3.49. The molecule has 20 heavy (non-hydrogen) atoms. The van der Waals surface area contributed by atoms with E-state index >= 15 is 0 Å². The van der Waals surface area contributed by atoms with E-state index < -0.39 is 0 Å². The first kappa shape index (κ1) is 13.7. The van der Waals surface area contributed by atoms with Crippen LogP contribution in [-0.2, 0) is 19.5 Å². The van der Waals surface area contributed by atoms with E-state index in [9.17, 15) is 0 Å². The summed E-state index contributed by atoms with van der Waals surface area (Å²) in [6.45, 7) is 3.13. The number of hydrogen-bond donors (Lipinski definition) is 1. The summed E-state index contributed by atoms with van der Waals surface area (Å²) in [6, 6.07) is 15.0. The highest BCUT2D eigenvalue weighted by molar-refractivity contribution is 9.10. The van der Waals surface area contributed by atoms with Crippen molar-refractivity contribution in [3.63, 3.8) is 0 Å². The summed E-state index contributed by atoms with van der Waals surface area (Å²) in [4.78, 5) is 2.51. The van der Waals surface area contributed by atoms with Crippen LogP contribution in [0.5, 0.6) is 0 Å². The highest BCUT2D eigenvalue weighted by Crippen LogP contribution is 2.22. The van der Waals surface area contributed by atoms with Crippen molar-refractivity contribution in [2.45, 2.75) is 25.9 Å². The first-order valence-corrected chi connectivity index (χ1v) is 7.84. The molecule has 104 valence electrons. The molecule has 0 saturated heterocycles. The lowest BCUT2D eigenvalue weighted by Crippen LogP contribution is -2.22. The molecular formula is C17H19BrN2. The third-order valence-electron chi connectivity index (χ3n) is 3.82. The molecule has 1 aliphatic rings. The van der Waals surface area contributed by atoms with Crippen LogP contribution in [0.3, 0.4) is 0 Å². The van der Waals surface area contributed by atoms with Gasteiger partial charge < -0.3 is 5.73 Å². The van der Waals surface area contributed by atoms with Gasteiger partial charge in [-0.25, -0.2) is 0 Å². The Bertz CT molecular complexity index is 589. The molecule has 1 heterocycles. The van der Waals surface area contributed by atoms with Gasteiger partial charge in [0, 0.05) is 23.2 Å². The fraction of sp³-hybridized carbons (Fsp3) is 0.294.